The predicted molar refractivity (Wildman–Crippen MR) is 122 cm³/mol. The van der Waals surface area contributed by atoms with E-state index < -0.39 is 5.97 Å². The van der Waals surface area contributed by atoms with Crippen LogP contribution in [0, 0.1) is 17.8 Å². The standard InChI is InChI=1S/C24H26Cl2N2O3/c1-2-31-23(30)22-17(21-18(26)8-16(25)9-19(21)27-22)3-4-20(29)28-24-10-13-5-14(11-24)7-15(6-13)12-24/h3-4,8-9,13-15,27H,2,5-7,10-12H2,1H3,(H,28,29)/b4-3+. The van der Waals surface area contributed by atoms with E-state index in [1.807, 2.05) is 0 Å². The highest BCUT2D eigenvalue weighted by Gasteiger charge is 2.51. The summed E-state index contributed by atoms with van der Waals surface area (Å²) < 4.78 is 5.19. The Balaban J connectivity index is 1.43. The molecule has 4 bridgehead atoms. The molecular weight excluding hydrogens is 435 g/mol. The van der Waals surface area contributed by atoms with Gasteiger partial charge in [0, 0.05) is 33.1 Å². The van der Waals surface area contributed by atoms with Gasteiger partial charge < -0.3 is 15.0 Å². The van der Waals surface area contributed by atoms with E-state index in [2.05, 4.69) is 10.3 Å². The second-order valence-corrected chi connectivity index (χ2v) is 10.3. The first-order valence-corrected chi connectivity index (χ1v) is 11.8. The third-order valence-corrected chi connectivity index (χ3v) is 7.68. The Labute approximate surface area is 191 Å². The zero-order valence-corrected chi connectivity index (χ0v) is 19.0. The van der Waals surface area contributed by atoms with Crippen molar-refractivity contribution in [3.05, 3.63) is 39.5 Å². The Morgan fingerprint density at radius 3 is 2.42 bits per heavy atom. The molecule has 5 nitrogen and oxygen atoms in total. The minimum absolute atomic E-state index is 0.0640. The summed E-state index contributed by atoms with van der Waals surface area (Å²) >= 11 is 12.6. The van der Waals surface area contributed by atoms with Crippen LogP contribution < -0.4 is 5.32 Å². The highest BCUT2D eigenvalue weighted by molar-refractivity contribution is 6.39. The number of carbonyl (C=O) groups excluding carboxylic acids is 2. The van der Waals surface area contributed by atoms with Crippen molar-refractivity contribution in [2.75, 3.05) is 6.61 Å². The normalized spacial score (nSPS) is 29.1. The molecule has 0 aliphatic heterocycles. The van der Waals surface area contributed by atoms with Crippen LogP contribution >= 0.6 is 23.2 Å². The van der Waals surface area contributed by atoms with Crippen LogP contribution in [0.4, 0.5) is 0 Å². The molecule has 2 N–H and O–H groups in total. The SMILES string of the molecule is CCOC(=O)c1[nH]c2cc(Cl)cc(Cl)c2c1/C=C/C(=O)NC12CC3CC(CC(C3)C1)C2. The smallest absolute Gasteiger partial charge is 0.355 e. The third-order valence-electron chi connectivity index (χ3n) is 7.16. The molecule has 7 heteroatoms. The second-order valence-electron chi connectivity index (χ2n) is 9.46. The van der Waals surface area contributed by atoms with Crippen LogP contribution in [0.25, 0.3) is 17.0 Å². The maximum atomic E-state index is 12.9. The van der Waals surface area contributed by atoms with Crippen LogP contribution in [0.2, 0.25) is 10.0 Å². The number of fused-ring (bicyclic) bond motifs is 1. The van der Waals surface area contributed by atoms with Gasteiger partial charge in [0.05, 0.1) is 11.6 Å². The number of aromatic nitrogens is 1. The first-order chi connectivity index (χ1) is 14.9. The summed E-state index contributed by atoms with van der Waals surface area (Å²) in [5.74, 6) is 1.64. The van der Waals surface area contributed by atoms with Gasteiger partial charge in [-0.15, -0.1) is 0 Å². The van der Waals surface area contributed by atoms with Gasteiger partial charge in [0.1, 0.15) is 5.69 Å². The van der Waals surface area contributed by atoms with E-state index in [4.69, 9.17) is 27.9 Å². The minimum Gasteiger partial charge on any atom is -0.461 e. The summed E-state index contributed by atoms with van der Waals surface area (Å²) in [6, 6.07) is 3.33. The van der Waals surface area contributed by atoms with Crippen molar-refractivity contribution >= 4 is 52.1 Å². The molecule has 1 heterocycles. The van der Waals surface area contributed by atoms with Gasteiger partial charge in [-0.3, -0.25) is 4.79 Å². The highest BCUT2D eigenvalue weighted by Crippen LogP contribution is 2.55. The van der Waals surface area contributed by atoms with Gasteiger partial charge in [-0.2, -0.15) is 0 Å². The zero-order chi connectivity index (χ0) is 21.8. The topological polar surface area (TPSA) is 71.2 Å². The molecule has 0 atom stereocenters. The summed E-state index contributed by atoms with van der Waals surface area (Å²) in [5.41, 5.74) is 1.36. The zero-order valence-electron chi connectivity index (χ0n) is 17.5. The maximum Gasteiger partial charge on any atom is 0.355 e. The van der Waals surface area contributed by atoms with Crippen molar-refractivity contribution in [3.63, 3.8) is 0 Å². The van der Waals surface area contributed by atoms with Gasteiger partial charge in [0.15, 0.2) is 0 Å². The van der Waals surface area contributed by atoms with Crippen LogP contribution in [0.5, 0.6) is 0 Å². The van der Waals surface area contributed by atoms with E-state index in [0.29, 0.717) is 26.5 Å². The van der Waals surface area contributed by atoms with E-state index in [-0.39, 0.29) is 23.7 Å². The molecule has 4 saturated carbocycles. The van der Waals surface area contributed by atoms with Crippen LogP contribution in [0.3, 0.4) is 0 Å². The summed E-state index contributed by atoms with van der Waals surface area (Å²) in [4.78, 5) is 28.5. The Kier molecular flexibility index (Phi) is 5.30. The van der Waals surface area contributed by atoms with Gasteiger partial charge >= 0.3 is 5.97 Å². The number of ether oxygens (including phenoxy) is 1. The number of nitrogens with one attached hydrogen (secondary N) is 2. The van der Waals surface area contributed by atoms with E-state index in [9.17, 15) is 9.59 Å². The fourth-order valence-electron chi connectivity index (χ4n) is 6.53. The van der Waals surface area contributed by atoms with Crippen LogP contribution in [0.1, 0.15) is 61.5 Å². The average Bonchev–Trinajstić information content (AvgIpc) is 3.04. The Bertz CT molecular complexity index is 1050. The molecule has 31 heavy (non-hydrogen) atoms. The van der Waals surface area contributed by atoms with Gasteiger partial charge in [0.25, 0.3) is 0 Å². The molecule has 1 aromatic heterocycles. The van der Waals surface area contributed by atoms with Gasteiger partial charge in [-0.05, 0) is 81.4 Å². The Morgan fingerprint density at radius 2 is 1.81 bits per heavy atom. The van der Waals surface area contributed by atoms with Gasteiger partial charge in [0.2, 0.25) is 5.91 Å². The molecule has 0 unspecified atom stereocenters. The van der Waals surface area contributed by atoms with Gasteiger partial charge in [-0.1, -0.05) is 23.2 Å². The van der Waals surface area contributed by atoms with Crippen LogP contribution in [-0.2, 0) is 9.53 Å². The van der Waals surface area contributed by atoms with E-state index in [0.717, 1.165) is 37.0 Å². The van der Waals surface area contributed by atoms with Crippen LogP contribution in [0.15, 0.2) is 18.2 Å². The molecule has 4 aliphatic rings. The molecule has 0 spiro atoms. The number of hydrogen-bond acceptors (Lipinski definition) is 3. The second kappa shape index (κ2) is 7.86. The van der Waals surface area contributed by atoms with Crippen molar-refractivity contribution in [2.24, 2.45) is 17.8 Å². The number of benzene rings is 1. The fraction of sp³-hybridized carbons (Fsp3) is 0.500. The number of hydrogen-bond donors (Lipinski definition) is 2. The fourth-order valence-corrected chi connectivity index (χ4v) is 7.12. The molecule has 1 amide bonds. The lowest BCUT2D eigenvalue weighted by molar-refractivity contribution is -0.122. The average molecular weight is 461 g/mol. The summed E-state index contributed by atoms with van der Waals surface area (Å²) in [7, 11) is 0. The van der Waals surface area contributed by atoms with Crippen molar-refractivity contribution in [3.8, 4) is 0 Å². The number of amides is 1. The first-order valence-electron chi connectivity index (χ1n) is 11.0. The monoisotopic (exact) mass is 460 g/mol. The predicted octanol–water partition coefficient (Wildman–Crippen LogP) is 5.75. The van der Waals surface area contributed by atoms with E-state index in [1.54, 1.807) is 25.1 Å². The summed E-state index contributed by atoms with van der Waals surface area (Å²) in [6.45, 7) is 2.00. The number of aromatic amines is 1. The number of rotatable bonds is 5. The molecule has 4 aliphatic carbocycles. The lowest BCUT2D eigenvalue weighted by atomic mass is 9.53. The Morgan fingerprint density at radius 1 is 1.16 bits per heavy atom. The number of esters is 1. The van der Waals surface area contributed by atoms with Gasteiger partial charge in [-0.25, -0.2) is 4.79 Å². The van der Waals surface area contributed by atoms with E-state index >= 15 is 0 Å². The van der Waals surface area contributed by atoms with Crippen molar-refractivity contribution < 1.29 is 14.3 Å². The molecule has 6 rings (SSSR count). The number of carbonyl (C=O) groups is 2. The quantitative estimate of drug-likeness (QED) is 0.440. The lowest BCUT2D eigenvalue weighted by Gasteiger charge is -2.56. The molecule has 2 aromatic rings. The maximum absolute atomic E-state index is 12.9. The number of H-pyrrole nitrogens is 1. The molecular formula is C24H26Cl2N2O3. The molecule has 0 radical (unpaired) electrons. The highest BCUT2D eigenvalue weighted by atomic mass is 35.5. The van der Waals surface area contributed by atoms with Crippen molar-refractivity contribution in [1.82, 2.24) is 10.3 Å². The van der Waals surface area contributed by atoms with Crippen molar-refractivity contribution in [1.29, 1.82) is 0 Å². The van der Waals surface area contributed by atoms with E-state index in [1.165, 1.54) is 25.3 Å². The first kappa shape index (κ1) is 20.9. The minimum atomic E-state index is -0.493. The third kappa shape index (κ3) is 3.87. The summed E-state index contributed by atoms with van der Waals surface area (Å²) in [5, 5.41) is 4.85. The largest absolute Gasteiger partial charge is 0.461 e. The summed E-state index contributed by atoms with van der Waals surface area (Å²) in [6.07, 6.45) is 10.4. The molecule has 0 saturated heterocycles. The Hall–Kier alpha value is -1.98. The number of halogens is 2. The van der Waals surface area contributed by atoms with Crippen molar-refractivity contribution in [2.45, 2.75) is 51.0 Å². The van der Waals surface area contributed by atoms with Crippen LogP contribution in [-0.4, -0.2) is 29.0 Å². The molecule has 164 valence electrons. The molecule has 4 fully saturated rings. The molecule has 1 aromatic carbocycles. The lowest BCUT2D eigenvalue weighted by Crippen LogP contribution is -2.59.